The highest BCUT2D eigenvalue weighted by Crippen LogP contribution is 2.33. The Hall–Kier alpha value is -1.82. The van der Waals surface area contributed by atoms with Gasteiger partial charge in [0.1, 0.15) is 5.69 Å². The van der Waals surface area contributed by atoms with Crippen LogP contribution < -0.4 is 11.1 Å². The summed E-state index contributed by atoms with van der Waals surface area (Å²) in [5.41, 5.74) is 5.18. The molecule has 1 aliphatic carbocycles. The summed E-state index contributed by atoms with van der Waals surface area (Å²) in [7, 11) is 0. The van der Waals surface area contributed by atoms with Crippen molar-refractivity contribution in [2.24, 2.45) is 5.92 Å². The Bertz CT molecular complexity index is 543. The number of carbonyl (C=O) groups is 1. The molecule has 1 atom stereocenters. The topological polar surface area (TPSA) is 98.3 Å². The average Bonchev–Trinajstić information content (AvgIpc) is 3.15. The number of anilines is 1. The van der Waals surface area contributed by atoms with Crippen molar-refractivity contribution < 1.29 is 9.72 Å². The molecule has 0 spiro atoms. The maximum absolute atomic E-state index is 12.0. The number of nitro groups is 1. The Labute approximate surface area is 115 Å². The van der Waals surface area contributed by atoms with Gasteiger partial charge in [0.05, 0.1) is 9.95 Å². The predicted molar refractivity (Wildman–Crippen MR) is 72.2 cm³/mol. The first-order valence-corrected chi connectivity index (χ1v) is 6.32. The third kappa shape index (κ3) is 2.96. The van der Waals surface area contributed by atoms with Crippen LogP contribution in [0.5, 0.6) is 0 Å². The maximum Gasteiger partial charge on any atom is 0.294 e. The Morgan fingerprint density at radius 2 is 2.21 bits per heavy atom. The molecule has 2 rings (SSSR count). The quantitative estimate of drug-likeness (QED) is 0.503. The number of halogens is 1. The molecular weight excluding hydrogens is 270 g/mol. The second-order valence-electron chi connectivity index (χ2n) is 4.75. The molecule has 3 N–H and O–H groups in total. The summed E-state index contributed by atoms with van der Waals surface area (Å²) in [6.45, 7) is 1.92. The summed E-state index contributed by atoms with van der Waals surface area (Å²) in [5, 5.41) is 13.6. The van der Waals surface area contributed by atoms with E-state index < -0.39 is 4.92 Å². The summed E-state index contributed by atoms with van der Waals surface area (Å²) in [5.74, 6) is 0.132. The van der Waals surface area contributed by atoms with Gasteiger partial charge in [-0.15, -0.1) is 0 Å². The molecule has 6 nitrogen and oxygen atoms in total. The number of nitro benzene ring substituents is 1. The van der Waals surface area contributed by atoms with Crippen molar-refractivity contribution in [2.75, 3.05) is 5.73 Å². The molecule has 0 saturated heterocycles. The van der Waals surface area contributed by atoms with Gasteiger partial charge in [0.2, 0.25) is 0 Å². The van der Waals surface area contributed by atoms with Crippen molar-refractivity contribution in [2.45, 2.75) is 25.8 Å². The van der Waals surface area contributed by atoms with E-state index in [2.05, 4.69) is 5.32 Å². The van der Waals surface area contributed by atoms with Crippen LogP contribution in [0, 0.1) is 16.0 Å². The minimum atomic E-state index is -0.650. The van der Waals surface area contributed by atoms with Crippen LogP contribution in [-0.2, 0) is 0 Å². The zero-order valence-corrected chi connectivity index (χ0v) is 11.1. The third-order valence-electron chi connectivity index (χ3n) is 3.25. The number of nitrogens with one attached hydrogen (secondary N) is 1. The molecule has 1 aromatic rings. The molecule has 0 aliphatic heterocycles. The lowest BCUT2D eigenvalue weighted by Crippen LogP contribution is -2.34. The summed E-state index contributed by atoms with van der Waals surface area (Å²) < 4.78 is 0. The first-order valence-electron chi connectivity index (χ1n) is 5.94. The summed E-state index contributed by atoms with van der Waals surface area (Å²) in [6.07, 6.45) is 2.20. The van der Waals surface area contributed by atoms with Gasteiger partial charge in [-0.3, -0.25) is 14.9 Å². The summed E-state index contributed by atoms with van der Waals surface area (Å²) in [4.78, 5) is 22.2. The standard InChI is InChI=1S/C12H14ClN3O3/c1-6(7-2-3-7)15-12(17)8-4-9(13)11(14)10(5-8)16(18)19/h4-7H,2-3,14H2,1H3,(H,15,17). The number of rotatable bonds is 4. The van der Waals surface area contributed by atoms with Crippen LogP contribution >= 0.6 is 11.6 Å². The fraction of sp³-hybridized carbons (Fsp3) is 0.417. The van der Waals surface area contributed by atoms with Crippen molar-refractivity contribution in [3.05, 3.63) is 32.8 Å². The van der Waals surface area contributed by atoms with Gasteiger partial charge >= 0.3 is 0 Å². The lowest BCUT2D eigenvalue weighted by Gasteiger charge is -2.13. The fourth-order valence-corrected chi connectivity index (χ4v) is 2.10. The van der Waals surface area contributed by atoms with E-state index >= 15 is 0 Å². The largest absolute Gasteiger partial charge is 0.392 e. The van der Waals surface area contributed by atoms with E-state index in [9.17, 15) is 14.9 Å². The molecule has 1 aromatic carbocycles. The van der Waals surface area contributed by atoms with Gasteiger partial charge in [0, 0.05) is 17.7 Å². The van der Waals surface area contributed by atoms with Crippen LogP contribution in [0.1, 0.15) is 30.1 Å². The maximum atomic E-state index is 12.0. The zero-order valence-electron chi connectivity index (χ0n) is 10.4. The number of carbonyl (C=O) groups excluding carboxylic acids is 1. The molecule has 1 saturated carbocycles. The number of amides is 1. The fourth-order valence-electron chi connectivity index (χ4n) is 1.89. The molecule has 19 heavy (non-hydrogen) atoms. The second-order valence-corrected chi connectivity index (χ2v) is 5.15. The molecule has 102 valence electrons. The molecule has 0 aromatic heterocycles. The Morgan fingerprint density at radius 3 is 2.74 bits per heavy atom. The van der Waals surface area contributed by atoms with E-state index in [0.29, 0.717) is 5.92 Å². The van der Waals surface area contributed by atoms with Crippen molar-refractivity contribution in [1.82, 2.24) is 5.32 Å². The number of hydrogen-bond acceptors (Lipinski definition) is 4. The number of hydrogen-bond donors (Lipinski definition) is 2. The van der Waals surface area contributed by atoms with Crippen LogP contribution in [0.15, 0.2) is 12.1 Å². The SMILES string of the molecule is CC(NC(=O)c1cc(Cl)c(N)c([N+](=O)[O-])c1)C1CC1. The van der Waals surface area contributed by atoms with Crippen molar-refractivity contribution >= 4 is 28.9 Å². The molecule has 0 bridgehead atoms. The van der Waals surface area contributed by atoms with Gasteiger partial charge in [0.15, 0.2) is 0 Å². The average molecular weight is 284 g/mol. The smallest absolute Gasteiger partial charge is 0.294 e. The predicted octanol–water partition coefficient (Wildman–Crippen LogP) is 2.36. The van der Waals surface area contributed by atoms with Gasteiger partial charge in [-0.05, 0) is 31.7 Å². The minimum Gasteiger partial charge on any atom is -0.392 e. The summed E-state index contributed by atoms with van der Waals surface area (Å²) >= 11 is 5.81. The number of nitrogen functional groups attached to an aromatic ring is 1. The lowest BCUT2D eigenvalue weighted by molar-refractivity contribution is -0.383. The Kier molecular flexibility index (Phi) is 3.61. The number of benzene rings is 1. The van der Waals surface area contributed by atoms with E-state index in [0.717, 1.165) is 18.9 Å². The number of nitrogens with two attached hydrogens (primary N) is 1. The van der Waals surface area contributed by atoms with Crippen LogP contribution in [0.2, 0.25) is 5.02 Å². The molecule has 1 unspecified atom stereocenters. The molecule has 1 fully saturated rings. The van der Waals surface area contributed by atoms with Crippen LogP contribution in [0.4, 0.5) is 11.4 Å². The molecule has 0 radical (unpaired) electrons. The highest BCUT2D eigenvalue weighted by molar-refractivity contribution is 6.34. The molecule has 1 amide bonds. The van der Waals surface area contributed by atoms with Gasteiger partial charge in [-0.2, -0.15) is 0 Å². The van der Waals surface area contributed by atoms with Crippen molar-refractivity contribution in [3.63, 3.8) is 0 Å². The first kappa shape index (κ1) is 13.6. The van der Waals surface area contributed by atoms with Crippen molar-refractivity contribution in [3.8, 4) is 0 Å². The Morgan fingerprint density at radius 1 is 1.58 bits per heavy atom. The molecule has 1 aliphatic rings. The third-order valence-corrected chi connectivity index (χ3v) is 3.57. The van der Waals surface area contributed by atoms with Gasteiger partial charge in [-0.1, -0.05) is 11.6 Å². The van der Waals surface area contributed by atoms with E-state index in [1.165, 1.54) is 6.07 Å². The monoisotopic (exact) mass is 283 g/mol. The molecule has 0 heterocycles. The minimum absolute atomic E-state index is 0.0124. The van der Waals surface area contributed by atoms with Crippen LogP contribution in [-0.4, -0.2) is 16.9 Å². The van der Waals surface area contributed by atoms with E-state index in [4.69, 9.17) is 17.3 Å². The van der Waals surface area contributed by atoms with Crippen LogP contribution in [0.25, 0.3) is 0 Å². The zero-order chi connectivity index (χ0) is 14.2. The van der Waals surface area contributed by atoms with E-state index in [1.807, 2.05) is 6.92 Å². The van der Waals surface area contributed by atoms with Gasteiger partial charge in [-0.25, -0.2) is 0 Å². The Balaban J connectivity index is 2.23. The van der Waals surface area contributed by atoms with Crippen LogP contribution in [0.3, 0.4) is 0 Å². The number of nitrogens with zero attached hydrogens (tertiary/aromatic N) is 1. The first-order chi connectivity index (χ1) is 8.90. The summed E-state index contributed by atoms with van der Waals surface area (Å²) in [6, 6.07) is 2.55. The lowest BCUT2D eigenvalue weighted by atomic mass is 10.1. The van der Waals surface area contributed by atoms with E-state index in [1.54, 1.807) is 0 Å². The second kappa shape index (κ2) is 5.05. The molecular formula is C12H14ClN3O3. The molecule has 7 heteroatoms. The normalized spacial score (nSPS) is 15.9. The van der Waals surface area contributed by atoms with Gasteiger partial charge < -0.3 is 11.1 Å². The highest BCUT2D eigenvalue weighted by atomic mass is 35.5. The van der Waals surface area contributed by atoms with Gasteiger partial charge in [0.25, 0.3) is 11.6 Å². The highest BCUT2D eigenvalue weighted by Gasteiger charge is 2.29. The van der Waals surface area contributed by atoms with E-state index in [-0.39, 0.29) is 33.9 Å². The van der Waals surface area contributed by atoms with Crippen molar-refractivity contribution in [1.29, 1.82) is 0 Å².